The van der Waals surface area contributed by atoms with E-state index in [0.717, 1.165) is 0 Å². The van der Waals surface area contributed by atoms with E-state index < -0.39 is 5.60 Å². The van der Waals surface area contributed by atoms with Gasteiger partial charge in [0.15, 0.2) is 0 Å². The Balaban J connectivity index is 2.13. The van der Waals surface area contributed by atoms with E-state index in [9.17, 15) is 5.11 Å². The monoisotopic (exact) mass is 337 g/mol. The third kappa shape index (κ3) is 2.92. The predicted molar refractivity (Wildman–Crippen MR) is 104 cm³/mol. The molecule has 2 aromatic rings. The lowest BCUT2D eigenvalue weighted by Gasteiger charge is -2.58. The van der Waals surface area contributed by atoms with Crippen LogP contribution in [0.25, 0.3) is 0 Å². The average Bonchev–Trinajstić information content (AvgIpc) is 2.62. The molecule has 3 rings (SSSR count). The van der Waals surface area contributed by atoms with Crippen LogP contribution in [0.3, 0.4) is 0 Å². The second-order valence-corrected chi connectivity index (χ2v) is 8.00. The first-order chi connectivity index (χ1) is 11.9. The third-order valence-electron chi connectivity index (χ3n) is 6.49. The summed E-state index contributed by atoms with van der Waals surface area (Å²) in [5.41, 5.74) is 1.85. The molecule has 2 aromatic carbocycles. The van der Waals surface area contributed by atoms with Gasteiger partial charge in [-0.25, -0.2) is 0 Å². The van der Waals surface area contributed by atoms with Gasteiger partial charge in [0, 0.05) is 23.9 Å². The minimum absolute atomic E-state index is 0.148. The molecule has 0 saturated carbocycles. The molecule has 25 heavy (non-hydrogen) atoms. The quantitative estimate of drug-likeness (QED) is 0.845. The van der Waals surface area contributed by atoms with Crippen molar-refractivity contribution in [2.24, 2.45) is 17.8 Å². The van der Waals surface area contributed by atoms with E-state index in [1.54, 1.807) is 0 Å². The highest BCUT2D eigenvalue weighted by atomic mass is 16.3. The highest BCUT2D eigenvalue weighted by Gasteiger charge is 2.55. The van der Waals surface area contributed by atoms with Gasteiger partial charge < -0.3 is 5.11 Å². The van der Waals surface area contributed by atoms with Gasteiger partial charge in [-0.15, -0.1) is 0 Å². The molecule has 0 unspecified atom stereocenters. The van der Waals surface area contributed by atoms with Gasteiger partial charge in [0.05, 0.1) is 5.60 Å². The van der Waals surface area contributed by atoms with Gasteiger partial charge in [-0.2, -0.15) is 0 Å². The SMILES string of the molecule is CC(C)C1(O)[C@@H](C)[C@@H](c2ccccc2)N(C)[C@H](c2ccccc2)[C@@H]1C. The molecule has 1 aliphatic rings. The molecular weight excluding hydrogens is 306 g/mol. The van der Waals surface area contributed by atoms with E-state index in [0.29, 0.717) is 0 Å². The highest BCUT2D eigenvalue weighted by molar-refractivity contribution is 5.28. The van der Waals surface area contributed by atoms with Crippen LogP contribution in [0.15, 0.2) is 60.7 Å². The number of hydrogen-bond acceptors (Lipinski definition) is 2. The van der Waals surface area contributed by atoms with Crippen molar-refractivity contribution < 1.29 is 5.11 Å². The first-order valence-corrected chi connectivity index (χ1v) is 9.43. The maximum Gasteiger partial charge on any atom is 0.0757 e. The van der Waals surface area contributed by atoms with Crippen molar-refractivity contribution in [1.29, 1.82) is 0 Å². The Morgan fingerprint density at radius 2 is 1.16 bits per heavy atom. The average molecular weight is 338 g/mol. The number of rotatable bonds is 3. The number of hydrogen-bond donors (Lipinski definition) is 1. The maximum absolute atomic E-state index is 11.8. The molecule has 1 N–H and O–H groups in total. The molecule has 1 heterocycles. The summed E-state index contributed by atoms with van der Waals surface area (Å²) in [6.07, 6.45) is 0. The van der Waals surface area contributed by atoms with Crippen molar-refractivity contribution >= 4 is 0 Å². The zero-order valence-electron chi connectivity index (χ0n) is 16.1. The molecule has 1 fully saturated rings. The lowest BCUT2D eigenvalue weighted by molar-refractivity contribution is -0.179. The molecule has 2 nitrogen and oxygen atoms in total. The minimum atomic E-state index is -0.715. The van der Waals surface area contributed by atoms with Crippen LogP contribution in [0.5, 0.6) is 0 Å². The van der Waals surface area contributed by atoms with E-state index in [1.807, 2.05) is 0 Å². The van der Waals surface area contributed by atoms with Gasteiger partial charge in [-0.1, -0.05) is 88.4 Å². The van der Waals surface area contributed by atoms with E-state index in [1.165, 1.54) is 11.1 Å². The molecule has 2 heteroatoms. The van der Waals surface area contributed by atoms with Gasteiger partial charge in [-0.05, 0) is 24.1 Å². The van der Waals surface area contributed by atoms with Crippen molar-refractivity contribution in [3.8, 4) is 0 Å². The molecule has 0 radical (unpaired) electrons. The molecule has 0 bridgehead atoms. The fourth-order valence-corrected chi connectivity index (χ4v) is 5.20. The van der Waals surface area contributed by atoms with Gasteiger partial charge in [-0.3, -0.25) is 4.90 Å². The van der Waals surface area contributed by atoms with Crippen LogP contribution in [0.1, 0.15) is 50.9 Å². The number of likely N-dealkylation sites (tertiary alicyclic amines) is 1. The number of piperidine rings is 1. The van der Waals surface area contributed by atoms with Crippen LogP contribution in [-0.4, -0.2) is 22.7 Å². The van der Waals surface area contributed by atoms with Gasteiger partial charge >= 0.3 is 0 Å². The van der Waals surface area contributed by atoms with Crippen molar-refractivity contribution in [2.45, 2.75) is 45.4 Å². The van der Waals surface area contributed by atoms with E-state index in [2.05, 4.69) is 100 Å². The Kier molecular flexibility index (Phi) is 5.04. The Hall–Kier alpha value is -1.64. The summed E-state index contributed by atoms with van der Waals surface area (Å²) in [5.74, 6) is 0.494. The number of nitrogens with zero attached hydrogens (tertiary/aromatic N) is 1. The Morgan fingerprint density at radius 3 is 1.48 bits per heavy atom. The second kappa shape index (κ2) is 6.93. The lowest BCUT2D eigenvalue weighted by atomic mass is 9.61. The van der Waals surface area contributed by atoms with E-state index >= 15 is 0 Å². The molecule has 0 spiro atoms. The van der Waals surface area contributed by atoms with Crippen molar-refractivity contribution in [3.05, 3.63) is 71.8 Å². The molecule has 4 atom stereocenters. The van der Waals surface area contributed by atoms with Crippen LogP contribution >= 0.6 is 0 Å². The topological polar surface area (TPSA) is 23.5 Å². The van der Waals surface area contributed by atoms with Crippen LogP contribution in [0.4, 0.5) is 0 Å². The number of aliphatic hydroxyl groups is 1. The minimum Gasteiger partial charge on any atom is -0.389 e. The highest BCUT2D eigenvalue weighted by Crippen LogP contribution is 2.54. The summed E-state index contributed by atoms with van der Waals surface area (Å²) in [6, 6.07) is 21.6. The van der Waals surface area contributed by atoms with Crippen molar-refractivity contribution in [3.63, 3.8) is 0 Å². The molecule has 0 aliphatic carbocycles. The fourth-order valence-electron chi connectivity index (χ4n) is 5.20. The Bertz CT molecular complexity index is 628. The third-order valence-corrected chi connectivity index (χ3v) is 6.49. The second-order valence-electron chi connectivity index (χ2n) is 8.00. The molecular formula is C23H31NO. The summed E-state index contributed by atoms with van der Waals surface area (Å²) < 4.78 is 0. The smallest absolute Gasteiger partial charge is 0.0757 e. The summed E-state index contributed by atoms with van der Waals surface area (Å²) >= 11 is 0. The first kappa shape index (κ1) is 18.2. The lowest BCUT2D eigenvalue weighted by Crippen LogP contribution is -2.60. The zero-order chi connectivity index (χ0) is 18.2. The Morgan fingerprint density at radius 1 is 0.800 bits per heavy atom. The molecule has 1 aliphatic heterocycles. The summed E-state index contributed by atoms with van der Waals surface area (Å²) in [7, 11) is 2.21. The summed E-state index contributed by atoms with van der Waals surface area (Å²) in [6.45, 7) is 8.74. The fraction of sp³-hybridized carbons (Fsp3) is 0.478. The number of benzene rings is 2. The van der Waals surface area contributed by atoms with Crippen LogP contribution in [0.2, 0.25) is 0 Å². The molecule has 1 saturated heterocycles. The van der Waals surface area contributed by atoms with Gasteiger partial charge in [0.25, 0.3) is 0 Å². The summed E-state index contributed by atoms with van der Waals surface area (Å²) in [5, 5.41) is 11.8. The standard InChI is InChI=1S/C23H31NO/c1-16(2)23(25)17(3)21(19-12-8-6-9-13-19)24(5)22(18(23)4)20-14-10-7-11-15-20/h6-18,21-22,25H,1-5H3/t17-,18-,21-,22-/m0/s1. The predicted octanol–water partition coefficient (Wildman–Crippen LogP) is 5.07. The summed E-state index contributed by atoms with van der Waals surface area (Å²) in [4.78, 5) is 2.47. The van der Waals surface area contributed by atoms with Gasteiger partial charge in [0.1, 0.15) is 0 Å². The van der Waals surface area contributed by atoms with E-state index in [4.69, 9.17) is 0 Å². The van der Waals surface area contributed by atoms with Crippen LogP contribution < -0.4 is 0 Å². The largest absolute Gasteiger partial charge is 0.389 e. The van der Waals surface area contributed by atoms with E-state index in [-0.39, 0.29) is 29.8 Å². The van der Waals surface area contributed by atoms with Crippen molar-refractivity contribution in [2.75, 3.05) is 7.05 Å². The van der Waals surface area contributed by atoms with Crippen LogP contribution in [-0.2, 0) is 0 Å². The zero-order valence-corrected chi connectivity index (χ0v) is 16.1. The molecule has 0 amide bonds. The maximum atomic E-state index is 11.8. The van der Waals surface area contributed by atoms with Crippen LogP contribution in [0, 0.1) is 17.8 Å². The normalized spacial score (nSPS) is 33.6. The van der Waals surface area contributed by atoms with Crippen molar-refractivity contribution in [1.82, 2.24) is 4.90 Å². The first-order valence-electron chi connectivity index (χ1n) is 9.43. The molecule has 134 valence electrons. The Labute approximate surface area is 152 Å². The van der Waals surface area contributed by atoms with Gasteiger partial charge in [0.2, 0.25) is 0 Å². The molecule has 0 aromatic heterocycles.